The van der Waals surface area contributed by atoms with Crippen molar-refractivity contribution in [3.63, 3.8) is 0 Å². The minimum atomic E-state index is 0.151. The van der Waals surface area contributed by atoms with Crippen LogP contribution in [0.15, 0.2) is 22.7 Å². The summed E-state index contributed by atoms with van der Waals surface area (Å²) in [6.45, 7) is 0. The maximum atomic E-state index is 12.0. The number of rotatable bonds is 3. The molecule has 0 unspecified atom stereocenters. The standard InChI is InChI=1S/C14H17BrINO/c15-11-6-7-12(16)13(9-11)17-14(18)8-10-4-2-1-3-5-10/h6-7,9-10H,1-5,8H2,(H,17,18). The molecule has 1 amide bonds. The maximum absolute atomic E-state index is 12.0. The molecule has 0 bridgehead atoms. The Labute approximate surface area is 130 Å². The molecule has 1 aliphatic rings. The van der Waals surface area contributed by atoms with Crippen LogP contribution in [0.25, 0.3) is 0 Å². The van der Waals surface area contributed by atoms with Crippen LogP contribution in [0.3, 0.4) is 0 Å². The lowest BCUT2D eigenvalue weighted by Crippen LogP contribution is -2.18. The van der Waals surface area contributed by atoms with Crippen LogP contribution >= 0.6 is 38.5 Å². The Kier molecular flexibility index (Phi) is 5.48. The first kappa shape index (κ1) is 14.3. The molecule has 18 heavy (non-hydrogen) atoms. The van der Waals surface area contributed by atoms with Crippen LogP contribution in [0, 0.1) is 9.49 Å². The Balaban J connectivity index is 1.92. The second-order valence-electron chi connectivity index (χ2n) is 4.88. The lowest BCUT2D eigenvalue weighted by Gasteiger charge is -2.21. The summed E-state index contributed by atoms with van der Waals surface area (Å²) in [7, 11) is 0. The Morgan fingerprint density at radius 3 is 2.78 bits per heavy atom. The predicted octanol–water partition coefficient (Wildman–Crippen LogP) is 4.96. The van der Waals surface area contributed by atoms with Gasteiger partial charge in [-0.05, 0) is 59.5 Å². The molecule has 1 aromatic rings. The molecule has 0 aromatic heterocycles. The molecule has 4 heteroatoms. The zero-order valence-electron chi connectivity index (χ0n) is 10.2. The van der Waals surface area contributed by atoms with E-state index in [1.165, 1.54) is 32.1 Å². The summed E-state index contributed by atoms with van der Waals surface area (Å²) in [5, 5.41) is 3.02. The topological polar surface area (TPSA) is 29.1 Å². The number of nitrogens with one attached hydrogen (secondary N) is 1. The minimum absolute atomic E-state index is 0.151. The van der Waals surface area contributed by atoms with Gasteiger partial charge in [-0.1, -0.05) is 35.2 Å². The molecule has 2 nitrogen and oxygen atoms in total. The maximum Gasteiger partial charge on any atom is 0.224 e. The summed E-state index contributed by atoms with van der Waals surface area (Å²) in [6.07, 6.45) is 7.00. The number of carbonyl (C=O) groups excluding carboxylic acids is 1. The molecule has 0 saturated heterocycles. The Bertz CT molecular complexity index is 430. The molecule has 2 rings (SSSR count). The molecule has 1 N–H and O–H groups in total. The number of benzene rings is 1. The Morgan fingerprint density at radius 2 is 2.06 bits per heavy atom. The zero-order chi connectivity index (χ0) is 13.0. The first-order valence-corrected chi connectivity index (χ1v) is 8.27. The van der Waals surface area contributed by atoms with E-state index in [-0.39, 0.29) is 5.91 Å². The van der Waals surface area contributed by atoms with Crippen LogP contribution in [-0.2, 0) is 4.79 Å². The number of halogens is 2. The van der Waals surface area contributed by atoms with Gasteiger partial charge in [0.15, 0.2) is 0 Å². The van der Waals surface area contributed by atoms with Crippen LogP contribution < -0.4 is 5.32 Å². The van der Waals surface area contributed by atoms with E-state index in [4.69, 9.17) is 0 Å². The second-order valence-corrected chi connectivity index (χ2v) is 6.96. The Hall–Kier alpha value is -0.100. The van der Waals surface area contributed by atoms with Crippen LogP contribution in [0.2, 0.25) is 0 Å². The van der Waals surface area contributed by atoms with Gasteiger partial charge in [-0.2, -0.15) is 0 Å². The molecule has 98 valence electrons. The molecule has 0 aliphatic heterocycles. The predicted molar refractivity (Wildman–Crippen MR) is 86.7 cm³/mol. The van der Waals surface area contributed by atoms with Crippen LogP contribution in [0.5, 0.6) is 0 Å². The van der Waals surface area contributed by atoms with Crippen LogP contribution in [0.1, 0.15) is 38.5 Å². The van der Waals surface area contributed by atoms with E-state index in [0.717, 1.165) is 13.7 Å². The monoisotopic (exact) mass is 421 g/mol. The first-order valence-electron chi connectivity index (χ1n) is 6.40. The van der Waals surface area contributed by atoms with Gasteiger partial charge in [-0.25, -0.2) is 0 Å². The molecule has 1 aliphatic carbocycles. The number of carbonyl (C=O) groups is 1. The highest BCUT2D eigenvalue weighted by Crippen LogP contribution is 2.27. The fourth-order valence-electron chi connectivity index (χ4n) is 2.45. The van der Waals surface area contributed by atoms with Gasteiger partial charge in [0.1, 0.15) is 0 Å². The molecule has 0 heterocycles. The quantitative estimate of drug-likeness (QED) is 0.686. The van der Waals surface area contributed by atoms with Gasteiger partial charge in [0.05, 0.1) is 5.69 Å². The van der Waals surface area contributed by atoms with Gasteiger partial charge in [0, 0.05) is 14.5 Å². The van der Waals surface area contributed by atoms with E-state index < -0.39 is 0 Å². The normalized spacial score (nSPS) is 16.6. The summed E-state index contributed by atoms with van der Waals surface area (Å²) in [4.78, 5) is 12.0. The van der Waals surface area contributed by atoms with Crippen LogP contribution in [-0.4, -0.2) is 5.91 Å². The van der Waals surface area contributed by atoms with Crippen molar-refractivity contribution in [2.45, 2.75) is 38.5 Å². The van der Waals surface area contributed by atoms with Gasteiger partial charge >= 0.3 is 0 Å². The minimum Gasteiger partial charge on any atom is -0.325 e. The van der Waals surface area contributed by atoms with E-state index in [2.05, 4.69) is 43.8 Å². The van der Waals surface area contributed by atoms with E-state index in [1.807, 2.05) is 18.2 Å². The smallest absolute Gasteiger partial charge is 0.224 e. The molecule has 0 radical (unpaired) electrons. The van der Waals surface area contributed by atoms with E-state index in [9.17, 15) is 4.79 Å². The molecular formula is C14H17BrINO. The van der Waals surface area contributed by atoms with Crippen molar-refractivity contribution in [2.75, 3.05) is 5.32 Å². The third kappa shape index (κ3) is 4.23. The van der Waals surface area contributed by atoms with E-state index >= 15 is 0 Å². The Morgan fingerprint density at radius 1 is 1.33 bits per heavy atom. The summed E-state index contributed by atoms with van der Waals surface area (Å²) in [5.74, 6) is 0.737. The third-order valence-electron chi connectivity index (χ3n) is 3.40. The van der Waals surface area contributed by atoms with Crippen molar-refractivity contribution in [1.29, 1.82) is 0 Å². The fraction of sp³-hybridized carbons (Fsp3) is 0.500. The van der Waals surface area contributed by atoms with E-state index in [1.54, 1.807) is 0 Å². The fourth-order valence-corrected chi connectivity index (χ4v) is 3.28. The molecular weight excluding hydrogens is 405 g/mol. The van der Waals surface area contributed by atoms with Gasteiger partial charge < -0.3 is 5.32 Å². The average molecular weight is 422 g/mol. The number of amides is 1. The second kappa shape index (κ2) is 6.89. The number of hydrogen-bond acceptors (Lipinski definition) is 1. The molecule has 0 atom stereocenters. The third-order valence-corrected chi connectivity index (χ3v) is 4.84. The van der Waals surface area contributed by atoms with Crippen molar-refractivity contribution in [1.82, 2.24) is 0 Å². The van der Waals surface area contributed by atoms with Gasteiger partial charge in [0.2, 0.25) is 5.91 Å². The molecule has 1 fully saturated rings. The van der Waals surface area contributed by atoms with Gasteiger partial charge in [-0.3, -0.25) is 4.79 Å². The number of anilines is 1. The average Bonchev–Trinajstić information content (AvgIpc) is 2.35. The SMILES string of the molecule is O=C(CC1CCCCC1)Nc1cc(Br)ccc1I. The highest BCUT2D eigenvalue weighted by molar-refractivity contribution is 14.1. The van der Waals surface area contributed by atoms with Crippen molar-refractivity contribution >= 4 is 50.1 Å². The summed E-state index contributed by atoms with van der Waals surface area (Å²) in [5.41, 5.74) is 0.908. The van der Waals surface area contributed by atoms with Crippen molar-refractivity contribution < 1.29 is 4.79 Å². The molecule has 0 spiro atoms. The summed E-state index contributed by atoms with van der Waals surface area (Å²) in [6, 6.07) is 5.94. The highest BCUT2D eigenvalue weighted by atomic mass is 127. The lowest BCUT2D eigenvalue weighted by atomic mass is 9.87. The van der Waals surface area contributed by atoms with Crippen molar-refractivity contribution in [3.8, 4) is 0 Å². The van der Waals surface area contributed by atoms with E-state index in [0.29, 0.717) is 12.3 Å². The highest BCUT2D eigenvalue weighted by Gasteiger charge is 2.17. The van der Waals surface area contributed by atoms with Crippen molar-refractivity contribution in [2.24, 2.45) is 5.92 Å². The van der Waals surface area contributed by atoms with Crippen molar-refractivity contribution in [3.05, 3.63) is 26.2 Å². The lowest BCUT2D eigenvalue weighted by molar-refractivity contribution is -0.117. The zero-order valence-corrected chi connectivity index (χ0v) is 14.0. The van der Waals surface area contributed by atoms with Gasteiger partial charge in [-0.15, -0.1) is 0 Å². The first-order chi connectivity index (χ1) is 8.65. The summed E-state index contributed by atoms with van der Waals surface area (Å²) < 4.78 is 2.07. The van der Waals surface area contributed by atoms with Gasteiger partial charge in [0.25, 0.3) is 0 Å². The number of hydrogen-bond donors (Lipinski definition) is 1. The largest absolute Gasteiger partial charge is 0.325 e. The molecule has 1 saturated carbocycles. The van der Waals surface area contributed by atoms with Crippen LogP contribution in [0.4, 0.5) is 5.69 Å². The summed E-state index contributed by atoms with van der Waals surface area (Å²) >= 11 is 5.68. The molecule has 1 aromatic carbocycles.